The Morgan fingerprint density at radius 3 is 2.59 bits per heavy atom. The number of carbonyl (C=O) groups is 2. The van der Waals surface area contributed by atoms with E-state index >= 15 is 0 Å². The lowest BCUT2D eigenvalue weighted by Crippen LogP contribution is -2.39. The monoisotopic (exact) mass is 465 g/mol. The zero-order chi connectivity index (χ0) is 23.9. The standard InChI is InChI=1S/C26H31N3O5/c1-2-15-34-21-8-6-19(7-9-21)24(30)22-23(20-5-3-10-27-18-20)29(26(32)25(22)31)12-4-11-28-13-16-33-17-14-28/h3,5-10,18,23,30H,2,4,11-17H2,1H3/b24-22-. The van der Waals surface area contributed by atoms with Gasteiger partial charge in [0.1, 0.15) is 11.5 Å². The van der Waals surface area contributed by atoms with E-state index in [1.54, 1.807) is 47.6 Å². The van der Waals surface area contributed by atoms with Gasteiger partial charge in [0.05, 0.1) is 31.4 Å². The molecule has 3 heterocycles. The lowest BCUT2D eigenvalue weighted by molar-refractivity contribution is -0.140. The number of rotatable bonds is 9. The van der Waals surface area contributed by atoms with E-state index in [1.165, 1.54) is 0 Å². The molecule has 1 unspecified atom stereocenters. The Hall–Kier alpha value is -3.23. The van der Waals surface area contributed by atoms with Gasteiger partial charge in [-0.05, 0) is 48.7 Å². The summed E-state index contributed by atoms with van der Waals surface area (Å²) in [5.41, 5.74) is 1.24. The summed E-state index contributed by atoms with van der Waals surface area (Å²) in [5.74, 6) is -0.778. The fourth-order valence-electron chi connectivity index (χ4n) is 4.37. The van der Waals surface area contributed by atoms with Gasteiger partial charge in [0.2, 0.25) is 0 Å². The normalized spacial score (nSPS) is 20.6. The highest BCUT2D eigenvalue weighted by atomic mass is 16.5. The van der Waals surface area contributed by atoms with Crippen LogP contribution in [0.2, 0.25) is 0 Å². The molecule has 1 amide bonds. The summed E-state index contributed by atoms with van der Waals surface area (Å²) < 4.78 is 11.0. The molecule has 0 saturated carbocycles. The molecule has 1 aromatic heterocycles. The minimum Gasteiger partial charge on any atom is -0.507 e. The second-order valence-electron chi connectivity index (χ2n) is 8.46. The van der Waals surface area contributed by atoms with Crippen LogP contribution in [0.3, 0.4) is 0 Å². The maximum Gasteiger partial charge on any atom is 0.295 e. The number of Topliss-reactive ketones (excluding diaryl/α,β-unsaturated/α-hetero) is 1. The summed E-state index contributed by atoms with van der Waals surface area (Å²) in [5, 5.41) is 11.2. The van der Waals surface area contributed by atoms with Crippen LogP contribution in [0.4, 0.5) is 0 Å². The molecule has 2 aliphatic rings. The predicted molar refractivity (Wildman–Crippen MR) is 127 cm³/mol. The molecule has 34 heavy (non-hydrogen) atoms. The van der Waals surface area contributed by atoms with Crippen molar-refractivity contribution < 1.29 is 24.2 Å². The Kier molecular flexibility index (Phi) is 7.92. The molecular formula is C26H31N3O5. The van der Waals surface area contributed by atoms with Crippen LogP contribution in [0.5, 0.6) is 5.75 Å². The highest BCUT2D eigenvalue weighted by molar-refractivity contribution is 6.46. The first-order valence-electron chi connectivity index (χ1n) is 11.8. The van der Waals surface area contributed by atoms with Gasteiger partial charge in [-0.1, -0.05) is 13.0 Å². The Morgan fingerprint density at radius 1 is 1.15 bits per heavy atom. The van der Waals surface area contributed by atoms with Gasteiger partial charge in [-0.2, -0.15) is 0 Å². The van der Waals surface area contributed by atoms with Crippen molar-refractivity contribution >= 4 is 17.4 Å². The molecule has 0 spiro atoms. The van der Waals surface area contributed by atoms with Gasteiger partial charge < -0.3 is 19.5 Å². The molecule has 2 saturated heterocycles. The number of likely N-dealkylation sites (tertiary alicyclic amines) is 1. The second-order valence-corrected chi connectivity index (χ2v) is 8.46. The first-order valence-corrected chi connectivity index (χ1v) is 11.8. The zero-order valence-corrected chi connectivity index (χ0v) is 19.5. The van der Waals surface area contributed by atoms with Crippen molar-refractivity contribution in [1.82, 2.24) is 14.8 Å². The number of nitrogens with zero attached hydrogens (tertiary/aromatic N) is 3. The van der Waals surface area contributed by atoms with Crippen molar-refractivity contribution in [2.75, 3.05) is 46.0 Å². The van der Waals surface area contributed by atoms with Gasteiger partial charge >= 0.3 is 0 Å². The molecule has 2 aliphatic heterocycles. The van der Waals surface area contributed by atoms with Gasteiger partial charge in [0.25, 0.3) is 11.7 Å². The first-order chi connectivity index (χ1) is 16.6. The van der Waals surface area contributed by atoms with E-state index in [1.807, 2.05) is 13.0 Å². The molecule has 0 radical (unpaired) electrons. The Morgan fingerprint density at radius 2 is 1.91 bits per heavy atom. The molecule has 1 N–H and O–H groups in total. The highest BCUT2D eigenvalue weighted by Crippen LogP contribution is 2.39. The maximum atomic E-state index is 13.1. The largest absolute Gasteiger partial charge is 0.507 e. The van der Waals surface area contributed by atoms with Crippen LogP contribution in [0, 0.1) is 0 Å². The Balaban J connectivity index is 1.61. The fourth-order valence-corrected chi connectivity index (χ4v) is 4.37. The summed E-state index contributed by atoms with van der Waals surface area (Å²) in [6.07, 6.45) is 4.89. The van der Waals surface area contributed by atoms with E-state index in [4.69, 9.17) is 9.47 Å². The summed E-state index contributed by atoms with van der Waals surface area (Å²) in [6.45, 7) is 6.99. The number of carbonyl (C=O) groups excluding carboxylic acids is 2. The Bertz CT molecular complexity index is 1020. The van der Waals surface area contributed by atoms with E-state index in [-0.39, 0.29) is 11.3 Å². The van der Waals surface area contributed by atoms with Gasteiger partial charge in [-0.3, -0.25) is 19.5 Å². The number of amides is 1. The summed E-state index contributed by atoms with van der Waals surface area (Å²) in [6, 6.07) is 9.81. The molecule has 4 rings (SSSR count). The number of pyridine rings is 1. The van der Waals surface area contributed by atoms with Gasteiger partial charge in [0, 0.05) is 44.1 Å². The quantitative estimate of drug-likeness (QED) is 0.346. The molecule has 0 aliphatic carbocycles. The smallest absolute Gasteiger partial charge is 0.295 e. The van der Waals surface area contributed by atoms with Crippen molar-refractivity contribution in [3.63, 3.8) is 0 Å². The van der Waals surface area contributed by atoms with Crippen molar-refractivity contribution in [3.8, 4) is 5.75 Å². The number of benzene rings is 1. The lowest BCUT2D eigenvalue weighted by Gasteiger charge is -2.29. The molecule has 2 fully saturated rings. The lowest BCUT2D eigenvalue weighted by atomic mass is 9.96. The van der Waals surface area contributed by atoms with Gasteiger partial charge in [-0.15, -0.1) is 0 Å². The average Bonchev–Trinajstić information content (AvgIpc) is 3.13. The van der Waals surface area contributed by atoms with Crippen molar-refractivity contribution in [2.45, 2.75) is 25.8 Å². The molecule has 0 bridgehead atoms. The van der Waals surface area contributed by atoms with Crippen molar-refractivity contribution in [2.24, 2.45) is 0 Å². The number of ketones is 1. The number of aromatic nitrogens is 1. The highest BCUT2D eigenvalue weighted by Gasteiger charge is 2.45. The molecule has 8 heteroatoms. The van der Waals surface area contributed by atoms with Crippen LogP contribution in [0.25, 0.3) is 5.76 Å². The number of morpholine rings is 1. The molecule has 8 nitrogen and oxygen atoms in total. The van der Waals surface area contributed by atoms with Crippen molar-refractivity contribution in [3.05, 3.63) is 65.5 Å². The topological polar surface area (TPSA) is 92.2 Å². The summed E-state index contributed by atoms with van der Waals surface area (Å²) >= 11 is 0. The average molecular weight is 466 g/mol. The summed E-state index contributed by atoms with van der Waals surface area (Å²) in [4.78, 5) is 34.2. The zero-order valence-electron chi connectivity index (χ0n) is 19.5. The minimum atomic E-state index is -0.686. The van der Waals surface area contributed by atoms with E-state index in [0.717, 1.165) is 26.1 Å². The second kappa shape index (κ2) is 11.3. The van der Waals surface area contributed by atoms with E-state index in [9.17, 15) is 14.7 Å². The molecule has 180 valence electrons. The third-order valence-corrected chi connectivity index (χ3v) is 6.12. The SMILES string of the molecule is CCCOc1ccc(/C(O)=C2/C(=O)C(=O)N(CCCN3CCOCC3)C2c2cccnc2)cc1. The van der Waals surface area contributed by atoms with Crippen molar-refractivity contribution in [1.29, 1.82) is 0 Å². The van der Waals surface area contributed by atoms with Crippen LogP contribution in [-0.2, 0) is 14.3 Å². The van der Waals surface area contributed by atoms with Crippen LogP contribution < -0.4 is 4.74 Å². The number of hydrogen-bond donors (Lipinski definition) is 1. The van der Waals surface area contributed by atoms with Gasteiger partial charge in [-0.25, -0.2) is 0 Å². The first kappa shape index (κ1) is 23.9. The predicted octanol–water partition coefficient (Wildman–Crippen LogP) is 3.01. The minimum absolute atomic E-state index is 0.0894. The van der Waals surface area contributed by atoms with Gasteiger partial charge in [0.15, 0.2) is 0 Å². The number of ether oxygens (including phenoxy) is 2. The van der Waals surface area contributed by atoms with Crippen LogP contribution >= 0.6 is 0 Å². The molecular weight excluding hydrogens is 434 g/mol. The number of aliphatic hydroxyl groups is 1. The van der Waals surface area contributed by atoms with Crippen LogP contribution in [-0.4, -0.2) is 77.6 Å². The molecule has 2 aromatic rings. The van der Waals surface area contributed by atoms with Crippen LogP contribution in [0.15, 0.2) is 54.4 Å². The fraction of sp³-hybridized carbons (Fsp3) is 0.423. The van der Waals surface area contributed by atoms with Crippen LogP contribution in [0.1, 0.15) is 36.9 Å². The number of hydrogen-bond acceptors (Lipinski definition) is 7. The third kappa shape index (κ3) is 5.29. The maximum absolute atomic E-state index is 13.1. The molecule has 1 aromatic carbocycles. The molecule has 1 atom stereocenters. The van der Waals surface area contributed by atoms with E-state index in [0.29, 0.717) is 49.7 Å². The van der Waals surface area contributed by atoms with E-state index < -0.39 is 17.7 Å². The Labute approximate surface area is 199 Å². The number of aliphatic hydroxyl groups excluding tert-OH is 1. The summed E-state index contributed by atoms with van der Waals surface area (Å²) in [7, 11) is 0. The van der Waals surface area contributed by atoms with E-state index in [2.05, 4.69) is 9.88 Å². The third-order valence-electron chi connectivity index (χ3n) is 6.12.